The smallest absolute Gasteiger partial charge is 0.226 e. The maximum Gasteiger partial charge on any atom is 0.226 e. The Morgan fingerprint density at radius 1 is 1.19 bits per heavy atom. The number of ketones is 1. The summed E-state index contributed by atoms with van der Waals surface area (Å²) in [6.07, 6.45) is 7.79. The normalized spacial score (nSPS) is 48.7. The van der Waals surface area contributed by atoms with Crippen LogP contribution < -0.4 is 5.32 Å². The highest BCUT2D eigenvalue weighted by Gasteiger charge is 2.70. The zero-order valence-electron chi connectivity index (χ0n) is 17.2. The highest BCUT2D eigenvalue weighted by atomic mass is 16.3. The summed E-state index contributed by atoms with van der Waals surface area (Å²) in [4.78, 5) is 26.4. The average Bonchev–Trinajstić information content (AvgIpc) is 2.76. The minimum Gasteiger partial charge on any atom is -0.385 e. The maximum atomic E-state index is 13.3. The van der Waals surface area contributed by atoms with Crippen LogP contribution in [0.15, 0.2) is 12.2 Å². The van der Waals surface area contributed by atoms with Crippen molar-refractivity contribution in [2.75, 3.05) is 6.54 Å². The van der Waals surface area contributed by atoms with Crippen molar-refractivity contribution in [3.05, 3.63) is 12.2 Å². The van der Waals surface area contributed by atoms with Gasteiger partial charge in [-0.1, -0.05) is 33.8 Å². The van der Waals surface area contributed by atoms with Crippen LogP contribution in [0.2, 0.25) is 0 Å². The predicted molar refractivity (Wildman–Crippen MR) is 105 cm³/mol. The Kier molecular flexibility index (Phi) is 4.20. The van der Waals surface area contributed by atoms with Gasteiger partial charge >= 0.3 is 0 Å². The van der Waals surface area contributed by atoms with Crippen molar-refractivity contribution in [3.8, 4) is 0 Å². The molecule has 0 aromatic rings. The summed E-state index contributed by atoms with van der Waals surface area (Å²) in [5.41, 5.74) is -1.33. The lowest BCUT2D eigenvalue weighted by molar-refractivity contribution is -0.178. The van der Waals surface area contributed by atoms with Gasteiger partial charge in [0, 0.05) is 22.9 Å². The number of hydrogen-bond donors (Lipinski definition) is 2. The Hall–Kier alpha value is -1.16. The molecule has 1 unspecified atom stereocenters. The highest BCUT2D eigenvalue weighted by Crippen LogP contribution is 2.71. The lowest BCUT2D eigenvalue weighted by atomic mass is 9.40. The van der Waals surface area contributed by atoms with E-state index in [4.69, 9.17) is 0 Å². The molecular formula is C23H35NO3. The van der Waals surface area contributed by atoms with E-state index in [-0.39, 0.29) is 28.4 Å². The Balaban J connectivity index is 1.71. The summed E-state index contributed by atoms with van der Waals surface area (Å²) >= 11 is 0. The van der Waals surface area contributed by atoms with Gasteiger partial charge in [-0.2, -0.15) is 0 Å². The van der Waals surface area contributed by atoms with Crippen molar-refractivity contribution in [1.29, 1.82) is 0 Å². The van der Waals surface area contributed by atoms with Gasteiger partial charge in [0.25, 0.3) is 0 Å². The monoisotopic (exact) mass is 373 g/mol. The minimum absolute atomic E-state index is 0.0174. The van der Waals surface area contributed by atoms with E-state index < -0.39 is 11.0 Å². The fourth-order valence-electron chi connectivity index (χ4n) is 7.83. The quantitative estimate of drug-likeness (QED) is 0.740. The highest BCUT2D eigenvalue weighted by molar-refractivity contribution is 6.04. The number of fused-ring (bicyclic) bond motifs is 3. The molecule has 4 fully saturated rings. The van der Waals surface area contributed by atoms with E-state index in [1.165, 1.54) is 0 Å². The van der Waals surface area contributed by atoms with Gasteiger partial charge < -0.3 is 10.4 Å². The van der Waals surface area contributed by atoms with Crippen LogP contribution in [0.3, 0.4) is 0 Å². The van der Waals surface area contributed by atoms with Crippen LogP contribution >= 0.6 is 0 Å². The molecule has 4 aliphatic carbocycles. The Bertz CT molecular complexity index is 702. The SMILES string of the molecule is C=C1C(=O)[C@@]23CC[C@H]4C(C)(CCC[C@@]4(C)C(=O)NCCC)[C@@H]2CC[C@@]1(O)C3. The first kappa shape index (κ1) is 19.2. The molecule has 0 saturated heterocycles. The van der Waals surface area contributed by atoms with E-state index in [1.807, 2.05) is 0 Å². The molecule has 0 aromatic carbocycles. The molecule has 4 aliphatic rings. The molecular weight excluding hydrogens is 338 g/mol. The van der Waals surface area contributed by atoms with Crippen LogP contribution in [0.25, 0.3) is 0 Å². The molecule has 2 bridgehead atoms. The third-order valence-electron chi connectivity index (χ3n) is 9.12. The van der Waals surface area contributed by atoms with Crippen molar-refractivity contribution in [2.45, 2.75) is 84.2 Å². The van der Waals surface area contributed by atoms with Gasteiger partial charge in [0.05, 0.1) is 5.60 Å². The first-order valence-electron chi connectivity index (χ1n) is 10.9. The lowest BCUT2D eigenvalue weighted by Gasteiger charge is -2.63. The molecule has 150 valence electrons. The molecule has 4 rings (SSSR count). The molecule has 1 spiro atoms. The van der Waals surface area contributed by atoms with Gasteiger partial charge in [0.2, 0.25) is 5.91 Å². The molecule has 0 aliphatic heterocycles. The van der Waals surface area contributed by atoms with Crippen molar-refractivity contribution in [2.24, 2.45) is 28.1 Å². The van der Waals surface area contributed by atoms with Crippen molar-refractivity contribution in [1.82, 2.24) is 5.32 Å². The number of Topliss-reactive ketones (excluding diaryl/α,β-unsaturated/α-hetero) is 1. The van der Waals surface area contributed by atoms with Crippen LogP contribution in [-0.4, -0.2) is 28.9 Å². The number of carbonyl (C=O) groups excluding carboxylic acids is 2. The topological polar surface area (TPSA) is 66.4 Å². The van der Waals surface area contributed by atoms with Gasteiger partial charge in [-0.3, -0.25) is 9.59 Å². The summed E-state index contributed by atoms with van der Waals surface area (Å²) < 4.78 is 0. The van der Waals surface area contributed by atoms with Gasteiger partial charge in [-0.05, 0) is 68.6 Å². The van der Waals surface area contributed by atoms with Gasteiger partial charge in [0.15, 0.2) is 5.78 Å². The molecule has 27 heavy (non-hydrogen) atoms. The van der Waals surface area contributed by atoms with Crippen LogP contribution in [0.4, 0.5) is 0 Å². The second-order valence-electron chi connectivity index (χ2n) is 10.4. The van der Waals surface area contributed by atoms with Gasteiger partial charge in [0.1, 0.15) is 0 Å². The van der Waals surface area contributed by atoms with Crippen LogP contribution in [0.5, 0.6) is 0 Å². The number of aliphatic hydroxyl groups is 1. The second-order valence-corrected chi connectivity index (χ2v) is 10.4. The molecule has 4 nitrogen and oxygen atoms in total. The molecule has 0 radical (unpaired) electrons. The number of rotatable bonds is 3. The standard InChI is InChI=1S/C23H35NO3/c1-5-13-24-19(26)21(4)10-6-9-20(3)16(21)7-11-22-14-23(27,12-8-17(20)22)15(2)18(22)25/h16-17,27H,2,5-14H2,1,3-4H3,(H,24,26)/t16-,17-,20?,21+,22+,23+/m0/s1. The van der Waals surface area contributed by atoms with Crippen LogP contribution in [-0.2, 0) is 9.59 Å². The Morgan fingerprint density at radius 2 is 1.89 bits per heavy atom. The molecule has 6 atom stereocenters. The van der Waals surface area contributed by atoms with Crippen LogP contribution in [0.1, 0.15) is 78.6 Å². The average molecular weight is 374 g/mol. The number of amides is 1. The van der Waals surface area contributed by atoms with E-state index >= 15 is 0 Å². The fraction of sp³-hybridized carbons (Fsp3) is 0.826. The number of nitrogens with one attached hydrogen (secondary N) is 1. The number of carbonyl (C=O) groups is 2. The number of hydrogen-bond acceptors (Lipinski definition) is 3. The van der Waals surface area contributed by atoms with Gasteiger partial charge in [-0.25, -0.2) is 0 Å². The Morgan fingerprint density at radius 3 is 2.59 bits per heavy atom. The third kappa shape index (κ3) is 2.31. The second kappa shape index (κ2) is 5.92. The van der Waals surface area contributed by atoms with E-state index in [0.29, 0.717) is 24.3 Å². The summed E-state index contributed by atoms with van der Waals surface area (Å²) in [5.74, 6) is 0.883. The Labute approximate surface area is 163 Å². The molecule has 2 N–H and O–H groups in total. The first-order valence-corrected chi connectivity index (χ1v) is 10.9. The summed E-state index contributed by atoms with van der Waals surface area (Å²) in [7, 11) is 0. The summed E-state index contributed by atoms with van der Waals surface area (Å²) in [5, 5.41) is 14.1. The first-order chi connectivity index (χ1) is 12.6. The van der Waals surface area contributed by atoms with E-state index in [1.54, 1.807) is 0 Å². The van der Waals surface area contributed by atoms with Crippen LogP contribution in [0, 0.1) is 28.1 Å². The zero-order valence-corrected chi connectivity index (χ0v) is 17.2. The zero-order chi connectivity index (χ0) is 19.7. The van der Waals surface area contributed by atoms with E-state index in [0.717, 1.165) is 51.5 Å². The molecule has 4 saturated carbocycles. The minimum atomic E-state index is -0.979. The van der Waals surface area contributed by atoms with E-state index in [9.17, 15) is 14.7 Å². The molecule has 4 heteroatoms. The van der Waals surface area contributed by atoms with Crippen molar-refractivity contribution in [3.63, 3.8) is 0 Å². The lowest BCUT2D eigenvalue weighted by Crippen LogP contribution is -2.61. The fourth-order valence-corrected chi connectivity index (χ4v) is 7.83. The molecule has 1 amide bonds. The third-order valence-corrected chi connectivity index (χ3v) is 9.12. The van der Waals surface area contributed by atoms with Crippen molar-refractivity contribution < 1.29 is 14.7 Å². The van der Waals surface area contributed by atoms with Gasteiger partial charge in [-0.15, -0.1) is 0 Å². The maximum absolute atomic E-state index is 13.3. The van der Waals surface area contributed by atoms with E-state index in [2.05, 4.69) is 32.7 Å². The summed E-state index contributed by atoms with van der Waals surface area (Å²) in [6, 6.07) is 0. The largest absolute Gasteiger partial charge is 0.385 e. The predicted octanol–water partition coefficient (Wildman–Crippen LogP) is 3.78. The molecule has 0 aromatic heterocycles. The molecule has 0 heterocycles. The summed E-state index contributed by atoms with van der Waals surface area (Å²) in [6.45, 7) is 11.3. The van der Waals surface area contributed by atoms with Crippen molar-refractivity contribution >= 4 is 11.7 Å².